The van der Waals surface area contributed by atoms with Crippen LogP contribution in [0.25, 0.3) is 0 Å². The fourth-order valence-electron chi connectivity index (χ4n) is 2.72. The van der Waals surface area contributed by atoms with Crippen molar-refractivity contribution in [1.82, 2.24) is 0 Å². The van der Waals surface area contributed by atoms with E-state index in [4.69, 9.17) is 0 Å². The van der Waals surface area contributed by atoms with Crippen LogP contribution < -0.4 is 0 Å². The van der Waals surface area contributed by atoms with Crippen molar-refractivity contribution < 1.29 is 5.11 Å². The van der Waals surface area contributed by atoms with Gasteiger partial charge in [0.2, 0.25) is 0 Å². The second-order valence-electron chi connectivity index (χ2n) is 4.54. The molecule has 2 rings (SSSR count). The van der Waals surface area contributed by atoms with Gasteiger partial charge in [0, 0.05) is 0 Å². The maximum Gasteiger partial charge on any atom is 0.0726 e. The first-order chi connectivity index (χ1) is 6.36. The average Bonchev–Trinajstić information content (AvgIpc) is 2.43. The number of allylic oxidation sites excluding steroid dienone is 1. The van der Waals surface area contributed by atoms with Gasteiger partial charge in [-0.05, 0) is 31.6 Å². The number of hydrogen-bond donors (Lipinski definition) is 1. The van der Waals surface area contributed by atoms with E-state index in [0.29, 0.717) is 0 Å². The Morgan fingerprint density at radius 1 is 1.00 bits per heavy atom. The van der Waals surface area contributed by atoms with Crippen LogP contribution >= 0.6 is 0 Å². The molecular weight excluding hydrogens is 160 g/mol. The van der Waals surface area contributed by atoms with Crippen molar-refractivity contribution in [1.29, 1.82) is 0 Å². The number of aliphatic hydroxyl groups excluding tert-OH is 1. The lowest BCUT2D eigenvalue weighted by atomic mass is 9.91. The molecular formula is C12H20O. The van der Waals surface area contributed by atoms with E-state index >= 15 is 0 Å². The molecule has 1 nitrogen and oxygen atoms in total. The molecule has 1 atom stereocenters. The van der Waals surface area contributed by atoms with E-state index < -0.39 is 0 Å². The highest BCUT2D eigenvalue weighted by Crippen LogP contribution is 2.34. The van der Waals surface area contributed by atoms with Crippen LogP contribution in [-0.2, 0) is 0 Å². The summed E-state index contributed by atoms with van der Waals surface area (Å²) < 4.78 is 0. The number of hydrogen-bond acceptors (Lipinski definition) is 1. The summed E-state index contributed by atoms with van der Waals surface area (Å²) >= 11 is 0. The first-order valence-electron chi connectivity index (χ1n) is 5.75. The van der Waals surface area contributed by atoms with Gasteiger partial charge in [-0.2, -0.15) is 0 Å². The molecule has 1 fully saturated rings. The highest BCUT2D eigenvalue weighted by molar-refractivity contribution is 5.15. The molecule has 0 aliphatic heterocycles. The molecule has 1 saturated carbocycles. The van der Waals surface area contributed by atoms with Crippen LogP contribution in [0.1, 0.15) is 51.4 Å². The molecule has 1 unspecified atom stereocenters. The van der Waals surface area contributed by atoms with Gasteiger partial charge in [0.15, 0.2) is 0 Å². The van der Waals surface area contributed by atoms with Gasteiger partial charge in [0.25, 0.3) is 0 Å². The maximum absolute atomic E-state index is 9.42. The Hall–Kier alpha value is -0.300. The molecule has 2 aliphatic rings. The Balaban J connectivity index is 1.94. The SMILES string of the molecule is OC1C=C(C2CCCCCC2)CC1. The Morgan fingerprint density at radius 3 is 2.23 bits per heavy atom. The Morgan fingerprint density at radius 2 is 1.69 bits per heavy atom. The molecule has 0 radical (unpaired) electrons. The second kappa shape index (κ2) is 4.28. The van der Waals surface area contributed by atoms with E-state index in [9.17, 15) is 5.11 Å². The standard InChI is InChI=1S/C12H20O/c13-12-8-7-11(9-12)10-5-3-1-2-4-6-10/h9-10,12-13H,1-8H2. The summed E-state index contributed by atoms with van der Waals surface area (Å²) in [7, 11) is 0. The molecule has 2 aliphatic carbocycles. The third-order valence-electron chi connectivity index (χ3n) is 3.51. The molecule has 0 aromatic carbocycles. The minimum absolute atomic E-state index is 0.127. The van der Waals surface area contributed by atoms with Crippen LogP contribution in [0.4, 0.5) is 0 Å². The van der Waals surface area contributed by atoms with Crippen molar-refractivity contribution >= 4 is 0 Å². The molecule has 0 heterocycles. The lowest BCUT2D eigenvalue weighted by Crippen LogP contribution is -2.00. The Labute approximate surface area is 80.8 Å². The fraction of sp³-hybridized carbons (Fsp3) is 0.833. The van der Waals surface area contributed by atoms with Gasteiger partial charge >= 0.3 is 0 Å². The smallest absolute Gasteiger partial charge is 0.0726 e. The van der Waals surface area contributed by atoms with Crippen molar-refractivity contribution in [2.75, 3.05) is 0 Å². The van der Waals surface area contributed by atoms with Crippen LogP contribution in [0.5, 0.6) is 0 Å². The van der Waals surface area contributed by atoms with Gasteiger partial charge in [-0.1, -0.05) is 37.3 Å². The minimum Gasteiger partial charge on any atom is -0.389 e. The first kappa shape index (κ1) is 9.26. The lowest BCUT2D eigenvalue weighted by molar-refractivity contribution is 0.223. The highest BCUT2D eigenvalue weighted by atomic mass is 16.3. The normalized spacial score (nSPS) is 31.5. The third kappa shape index (κ3) is 2.34. The average molecular weight is 180 g/mol. The zero-order valence-electron chi connectivity index (χ0n) is 8.34. The minimum atomic E-state index is -0.127. The van der Waals surface area contributed by atoms with E-state index in [1.807, 2.05) is 0 Å². The molecule has 0 spiro atoms. The Kier molecular flexibility index (Phi) is 3.05. The molecule has 74 valence electrons. The molecule has 1 heteroatoms. The van der Waals surface area contributed by atoms with Crippen molar-refractivity contribution in [3.63, 3.8) is 0 Å². The van der Waals surface area contributed by atoms with Crippen LogP contribution in [0, 0.1) is 5.92 Å². The molecule has 0 amide bonds. The van der Waals surface area contributed by atoms with Gasteiger partial charge < -0.3 is 5.11 Å². The summed E-state index contributed by atoms with van der Waals surface area (Å²) in [6.07, 6.45) is 12.5. The first-order valence-corrected chi connectivity index (χ1v) is 5.75. The van der Waals surface area contributed by atoms with Gasteiger partial charge in [-0.3, -0.25) is 0 Å². The lowest BCUT2D eigenvalue weighted by Gasteiger charge is -2.14. The molecule has 0 bridgehead atoms. The summed E-state index contributed by atoms with van der Waals surface area (Å²) in [5, 5.41) is 9.42. The van der Waals surface area contributed by atoms with Gasteiger partial charge in [0.1, 0.15) is 0 Å². The third-order valence-corrected chi connectivity index (χ3v) is 3.51. The van der Waals surface area contributed by atoms with E-state index in [1.165, 1.54) is 38.5 Å². The van der Waals surface area contributed by atoms with Crippen LogP contribution in [0.15, 0.2) is 11.6 Å². The second-order valence-corrected chi connectivity index (χ2v) is 4.54. The number of rotatable bonds is 1. The van der Waals surface area contributed by atoms with Crippen molar-refractivity contribution in [3.8, 4) is 0 Å². The summed E-state index contributed by atoms with van der Waals surface area (Å²) in [5.74, 6) is 0.819. The van der Waals surface area contributed by atoms with Crippen molar-refractivity contribution in [2.24, 2.45) is 5.92 Å². The topological polar surface area (TPSA) is 20.2 Å². The Bertz CT molecular complexity index is 187. The predicted molar refractivity (Wildman–Crippen MR) is 54.5 cm³/mol. The van der Waals surface area contributed by atoms with E-state index in [0.717, 1.165) is 18.8 Å². The summed E-state index contributed by atoms with van der Waals surface area (Å²) in [5.41, 5.74) is 1.56. The van der Waals surface area contributed by atoms with E-state index in [1.54, 1.807) is 5.57 Å². The number of aliphatic hydroxyl groups is 1. The maximum atomic E-state index is 9.42. The van der Waals surface area contributed by atoms with Crippen molar-refractivity contribution in [2.45, 2.75) is 57.5 Å². The summed E-state index contributed by atoms with van der Waals surface area (Å²) in [6, 6.07) is 0. The fourth-order valence-corrected chi connectivity index (χ4v) is 2.72. The summed E-state index contributed by atoms with van der Waals surface area (Å²) in [4.78, 5) is 0. The van der Waals surface area contributed by atoms with Crippen molar-refractivity contribution in [3.05, 3.63) is 11.6 Å². The molecule has 13 heavy (non-hydrogen) atoms. The van der Waals surface area contributed by atoms with Crippen LogP contribution in [-0.4, -0.2) is 11.2 Å². The monoisotopic (exact) mass is 180 g/mol. The molecule has 0 aromatic rings. The highest BCUT2D eigenvalue weighted by Gasteiger charge is 2.21. The van der Waals surface area contributed by atoms with E-state index in [2.05, 4.69) is 6.08 Å². The summed E-state index contributed by atoms with van der Waals surface area (Å²) in [6.45, 7) is 0. The van der Waals surface area contributed by atoms with Gasteiger partial charge in [-0.25, -0.2) is 0 Å². The molecule has 0 aromatic heterocycles. The largest absolute Gasteiger partial charge is 0.389 e. The van der Waals surface area contributed by atoms with Gasteiger partial charge in [-0.15, -0.1) is 0 Å². The predicted octanol–water partition coefficient (Wildman–Crippen LogP) is 3.04. The van der Waals surface area contributed by atoms with Gasteiger partial charge in [0.05, 0.1) is 6.10 Å². The molecule has 0 saturated heterocycles. The quantitative estimate of drug-likeness (QED) is 0.486. The van der Waals surface area contributed by atoms with Crippen LogP contribution in [0.3, 0.4) is 0 Å². The van der Waals surface area contributed by atoms with E-state index in [-0.39, 0.29) is 6.10 Å². The molecule has 1 N–H and O–H groups in total. The van der Waals surface area contributed by atoms with Crippen LogP contribution in [0.2, 0.25) is 0 Å². The zero-order chi connectivity index (χ0) is 9.10. The zero-order valence-corrected chi connectivity index (χ0v) is 8.34.